The van der Waals surface area contributed by atoms with Gasteiger partial charge in [0.1, 0.15) is 12.0 Å². The first-order valence-corrected chi connectivity index (χ1v) is 3.71. The van der Waals surface area contributed by atoms with Gasteiger partial charge >= 0.3 is 0 Å². The van der Waals surface area contributed by atoms with E-state index in [0.29, 0.717) is 0 Å². The van der Waals surface area contributed by atoms with Crippen molar-refractivity contribution in [2.24, 2.45) is 0 Å². The zero-order chi connectivity index (χ0) is 10.4. The molecule has 0 unspecified atom stereocenters. The highest BCUT2D eigenvalue weighted by molar-refractivity contribution is 5.55. The monoisotopic (exact) mass is 196 g/mol. The molecular weight excluding hydrogens is 188 g/mol. The second-order valence-corrected chi connectivity index (χ2v) is 2.23. The third kappa shape index (κ3) is 2.53. The molecule has 74 valence electrons. The molecule has 0 atom stereocenters. The molecule has 0 aliphatic carbocycles. The summed E-state index contributed by atoms with van der Waals surface area (Å²) >= 11 is 0. The Morgan fingerprint density at radius 2 is 2.43 bits per heavy atom. The van der Waals surface area contributed by atoms with Gasteiger partial charge in [-0.2, -0.15) is 4.89 Å². The van der Waals surface area contributed by atoms with Crippen molar-refractivity contribution < 1.29 is 14.7 Å². The van der Waals surface area contributed by atoms with E-state index in [4.69, 9.17) is 0 Å². The van der Waals surface area contributed by atoms with Crippen LogP contribution in [-0.2, 0) is 9.78 Å². The summed E-state index contributed by atoms with van der Waals surface area (Å²) < 4.78 is 0. The number of aromatic nitrogens is 1. The highest BCUT2D eigenvalue weighted by Gasteiger charge is 2.10. The molecule has 0 saturated carbocycles. The van der Waals surface area contributed by atoms with Gasteiger partial charge in [-0.1, -0.05) is 0 Å². The van der Waals surface area contributed by atoms with Gasteiger partial charge in [0.05, 0.1) is 12.0 Å². The smallest absolute Gasteiger partial charge is 0.294 e. The molecule has 0 aliphatic rings. The Kier molecular flexibility index (Phi) is 3.57. The standard InChI is InChI=1S/C8H8N2O4/c1-13-14-6-4-7-8(10(11)12)3-2-5-9-7/h2-6H,1H3/b6-4-. The Labute approximate surface area is 79.9 Å². The molecule has 0 bridgehead atoms. The van der Waals surface area contributed by atoms with Crippen molar-refractivity contribution in [2.75, 3.05) is 7.11 Å². The van der Waals surface area contributed by atoms with Crippen molar-refractivity contribution in [2.45, 2.75) is 0 Å². The molecule has 0 aromatic carbocycles. The lowest BCUT2D eigenvalue weighted by Crippen LogP contribution is -1.93. The van der Waals surface area contributed by atoms with Crippen LogP contribution in [0.5, 0.6) is 0 Å². The van der Waals surface area contributed by atoms with Gasteiger partial charge in [-0.15, -0.1) is 0 Å². The summed E-state index contributed by atoms with van der Waals surface area (Å²) in [4.78, 5) is 22.5. The SMILES string of the molecule is COO/C=C\c1ncccc1[N+](=O)[O-]. The van der Waals surface area contributed by atoms with E-state index in [2.05, 4.69) is 14.8 Å². The Bertz CT molecular complexity index is 351. The summed E-state index contributed by atoms with van der Waals surface area (Å²) in [6.45, 7) is 0. The first kappa shape index (κ1) is 10.1. The average molecular weight is 196 g/mol. The number of rotatable bonds is 4. The topological polar surface area (TPSA) is 74.5 Å². The van der Waals surface area contributed by atoms with Crippen LogP contribution >= 0.6 is 0 Å². The molecule has 14 heavy (non-hydrogen) atoms. The van der Waals surface area contributed by atoms with Gasteiger partial charge in [0.25, 0.3) is 5.69 Å². The second-order valence-electron chi connectivity index (χ2n) is 2.23. The van der Waals surface area contributed by atoms with E-state index >= 15 is 0 Å². The molecule has 0 aliphatic heterocycles. The molecule has 6 heteroatoms. The van der Waals surface area contributed by atoms with E-state index in [-0.39, 0.29) is 11.4 Å². The predicted octanol–water partition coefficient (Wildman–Crippen LogP) is 1.54. The minimum Gasteiger partial charge on any atom is -0.346 e. The molecule has 0 radical (unpaired) electrons. The maximum Gasteiger partial charge on any atom is 0.294 e. The van der Waals surface area contributed by atoms with Crippen LogP contribution < -0.4 is 0 Å². The van der Waals surface area contributed by atoms with E-state index < -0.39 is 4.92 Å². The fourth-order valence-electron chi connectivity index (χ4n) is 0.840. The Hall–Kier alpha value is -1.95. The molecule has 0 amide bonds. The summed E-state index contributed by atoms with van der Waals surface area (Å²) in [7, 11) is 1.33. The molecule has 1 aromatic rings. The third-order valence-electron chi connectivity index (χ3n) is 1.39. The Balaban J connectivity index is 2.90. The molecule has 0 N–H and O–H groups in total. The van der Waals surface area contributed by atoms with Crippen molar-refractivity contribution in [3.8, 4) is 0 Å². The molecular formula is C8H8N2O4. The number of hydrogen-bond acceptors (Lipinski definition) is 5. The maximum absolute atomic E-state index is 10.5. The summed E-state index contributed by atoms with van der Waals surface area (Å²) in [5.41, 5.74) is 0.137. The molecule has 1 heterocycles. The van der Waals surface area contributed by atoms with E-state index in [1.165, 1.54) is 37.8 Å². The first-order chi connectivity index (χ1) is 6.75. The summed E-state index contributed by atoms with van der Waals surface area (Å²) in [5.74, 6) is 0. The first-order valence-electron chi connectivity index (χ1n) is 3.71. The van der Waals surface area contributed by atoms with Crippen LogP contribution in [0.3, 0.4) is 0 Å². The Morgan fingerprint density at radius 1 is 1.64 bits per heavy atom. The zero-order valence-electron chi connectivity index (χ0n) is 7.41. The minimum absolute atomic E-state index is 0.0801. The highest BCUT2D eigenvalue weighted by atomic mass is 17.2. The van der Waals surface area contributed by atoms with Crippen molar-refractivity contribution in [1.29, 1.82) is 0 Å². The Morgan fingerprint density at radius 3 is 3.07 bits per heavy atom. The second kappa shape index (κ2) is 4.93. The predicted molar refractivity (Wildman–Crippen MR) is 48.0 cm³/mol. The van der Waals surface area contributed by atoms with Gasteiger partial charge < -0.3 is 4.89 Å². The molecule has 6 nitrogen and oxygen atoms in total. The van der Waals surface area contributed by atoms with Gasteiger partial charge in [0.2, 0.25) is 0 Å². The summed E-state index contributed by atoms with van der Waals surface area (Å²) in [6.07, 6.45) is 3.98. The van der Waals surface area contributed by atoms with Gasteiger partial charge in [-0.05, 0) is 6.07 Å². The van der Waals surface area contributed by atoms with Crippen LogP contribution in [0.2, 0.25) is 0 Å². The summed E-state index contributed by atoms with van der Waals surface area (Å²) in [6, 6.07) is 2.85. The largest absolute Gasteiger partial charge is 0.346 e. The van der Waals surface area contributed by atoms with Crippen LogP contribution in [0, 0.1) is 10.1 Å². The van der Waals surface area contributed by atoms with Crippen LogP contribution in [0.1, 0.15) is 5.69 Å². The van der Waals surface area contributed by atoms with Crippen LogP contribution in [-0.4, -0.2) is 17.0 Å². The van der Waals surface area contributed by atoms with Gasteiger partial charge in [0.15, 0.2) is 0 Å². The molecule has 0 saturated heterocycles. The van der Waals surface area contributed by atoms with Gasteiger partial charge in [0, 0.05) is 18.3 Å². The highest BCUT2D eigenvalue weighted by Crippen LogP contribution is 2.15. The van der Waals surface area contributed by atoms with Crippen LogP contribution in [0.4, 0.5) is 5.69 Å². The number of hydrogen-bond donors (Lipinski definition) is 0. The maximum atomic E-state index is 10.5. The normalized spacial score (nSPS) is 10.4. The van der Waals surface area contributed by atoms with E-state index in [9.17, 15) is 10.1 Å². The lowest BCUT2D eigenvalue weighted by molar-refractivity contribution is -0.385. The fourth-order valence-corrected chi connectivity index (χ4v) is 0.840. The molecule has 0 fully saturated rings. The van der Waals surface area contributed by atoms with Crippen molar-refractivity contribution >= 4 is 11.8 Å². The number of nitrogens with zero attached hydrogens (tertiary/aromatic N) is 2. The van der Waals surface area contributed by atoms with Gasteiger partial charge in [-0.3, -0.25) is 10.1 Å². The minimum atomic E-state index is -0.514. The summed E-state index contributed by atoms with van der Waals surface area (Å²) in [5, 5.41) is 10.5. The molecule has 1 rings (SSSR count). The van der Waals surface area contributed by atoms with Crippen LogP contribution in [0.15, 0.2) is 24.6 Å². The lowest BCUT2D eigenvalue weighted by atomic mass is 10.3. The zero-order valence-corrected chi connectivity index (χ0v) is 7.41. The number of nitro groups is 1. The fraction of sp³-hybridized carbons (Fsp3) is 0.125. The average Bonchev–Trinajstić information content (AvgIpc) is 2.19. The van der Waals surface area contributed by atoms with Gasteiger partial charge in [-0.25, -0.2) is 4.98 Å². The molecule has 0 spiro atoms. The van der Waals surface area contributed by atoms with Crippen molar-refractivity contribution in [3.63, 3.8) is 0 Å². The van der Waals surface area contributed by atoms with E-state index in [1.54, 1.807) is 0 Å². The van der Waals surface area contributed by atoms with E-state index in [0.717, 1.165) is 0 Å². The lowest BCUT2D eigenvalue weighted by Gasteiger charge is -1.95. The van der Waals surface area contributed by atoms with Crippen LogP contribution in [0.25, 0.3) is 6.08 Å². The van der Waals surface area contributed by atoms with Crippen molar-refractivity contribution in [1.82, 2.24) is 4.98 Å². The van der Waals surface area contributed by atoms with Crippen molar-refractivity contribution in [3.05, 3.63) is 40.4 Å². The number of pyridine rings is 1. The van der Waals surface area contributed by atoms with E-state index in [1.807, 2.05) is 0 Å². The quantitative estimate of drug-likeness (QED) is 0.316. The molecule has 1 aromatic heterocycles. The third-order valence-corrected chi connectivity index (χ3v) is 1.39.